The molecular weight excluding hydrogens is 256 g/mol. The molecule has 0 amide bonds. The summed E-state index contributed by atoms with van der Waals surface area (Å²) in [4.78, 5) is 15.1. The number of carboxylic acid groups (broad SMARTS) is 1. The van der Waals surface area contributed by atoms with Crippen LogP contribution in [0.1, 0.15) is 19.4 Å². The van der Waals surface area contributed by atoms with Gasteiger partial charge >= 0.3 is 6.16 Å². The second-order valence-corrected chi connectivity index (χ2v) is 5.64. The van der Waals surface area contributed by atoms with Crippen LogP contribution in [0.5, 0.6) is 0 Å². The van der Waals surface area contributed by atoms with E-state index in [0.717, 1.165) is 28.7 Å². The summed E-state index contributed by atoms with van der Waals surface area (Å²) in [5.41, 5.74) is 2.33. The average Bonchev–Trinajstić information content (AvgIpc) is 2.72. The second-order valence-electron chi connectivity index (χ2n) is 5.64. The molecule has 0 aliphatic carbocycles. The molecule has 0 atom stereocenters. The number of aromatic nitrogens is 1. The Kier molecular flexibility index (Phi) is 2.78. The van der Waals surface area contributed by atoms with Crippen LogP contribution in [-0.4, -0.2) is 27.6 Å². The van der Waals surface area contributed by atoms with Gasteiger partial charge in [-0.3, -0.25) is 4.99 Å². The van der Waals surface area contributed by atoms with Crippen LogP contribution in [-0.2, 0) is 17.7 Å². The fourth-order valence-corrected chi connectivity index (χ4v) is 2.73. The molecule has 0 unspecified atom stereocenters. The van der Waals surface area contributed by atoms with Crippen LogP contribution < -0.4 is 0 Å². The van der Waals surface area contributed by atoms with E-state index in [-0.39, 0.29) is 0 Å². The fourth-order valence-electron chi connectivity index (χ4n) is 2.73. The van der Waals surface area contributed by atoms with Gasteiger partial charge in [0, 0.05) is 24.2 Å². The molecule has 0 radical (unpaired) electrons. The molecule has 20 heavy (non-hydrogen) atoms. The first kappa shape index (κ1) is 12.7. The standard InChI is InChI=1S/C15H16N2O3/c1-15(2,20-14(18)19)9-10-7-11-3-5-17-6-4-16-12(8-10)13(11)17/h3-5,7-8H,6,9H2,1-2H3,(H,18,19). The van der Waals surface area contributed by atoms with E-state index in [1.165, 1.54) is 0 Å². The van der Waals surface area contributed by atoms with Crippen LogP contribution in [0.25, 0.3) is 10.9 Å². The number of hydrogen-bond acceptors (Lipinski definition) is 3. The Hall–Kier alpha value is -2.30. The van der Waals surface area contributed by atoms with Gasteiger partial charge in [-0.05, 0) is 37.6 Å². The molecule has 3 rings (SSSR count). The lowest BCUT2D eigenvalue weighted by atomic mass is 9.97. The zero-order valence-corrected chi connectivity index (χ0v) is 11.5. The largest absolute Gasteiger partial charge is 0.506 e. The molecule has 1 N–H and O–H groups in total. The summed E-state index contributed by atoms with van der Waals surface area (Å²) in [5.74, 6) is 0. The van der Waals surface area contributed by atoms with Crippen molar-refractivity contribution in [2.45, 2.75) is 32.4 Å². The maximum Gasteiger partial charge on any atom is 0.506 e. The Balaban J connectivity index is 1.97. The van der Waals surface area contributed by atoms with Gasteiger partial charge in [0.15, 0.2) is 0 Å². The third-order valence-corrected chi connectivity index (χ3v) is 3.40. The van der Waals surface area contributed by atoms with E-state index >= 15 is 0 Å². The minimum atomic E-state index is -1.25. The number of aliphatic imine (C=N–C) groups is 1. The Morgan fingerprint density at radius 3 is 3.05 bits per heavy atom. The van der Waals surface area contributed by atoms with Crippen LogP contribution >= 0.6 is 0 Å². The molecule has 1 aromatic carbocycles. The van der Waals surface area contributed by atoms with E-state index < -0.39 is 11.8 Å². The van der Waals surface area contributed by atoms with Crippen molar-refractivity contribution in [2.24, 2.45) is 4.99 Å². The highest BCUT2D eigenvalue weighted by molar-refractivity contribution is 5.94. The molecule has 0 bridgehead atoms. The van der Waals surface area contributed by atoms with Crippen molar-refractivity contribution in [3.8, 4) is 0 Å². The summed E-state index contributed by atoms with van der Waals surface area (Å²) in [6.07, 6.45) is 3.19. The molecule has 5 heteroatoms. The Morgan fingerprint density at radius 2 is 2.30 bits per heavy atom. The molecule has 1 aliphatic heterocycles. The van der Waals surface area contributed by atoms with Gasteiger partial charge in [-0.15, -0.1) is 0 Å². The number of rotatable bonds is 3. The van der Waals surface area contributed by atoms with Crippen molar-refractivity contribution < 1.29 is 14.6 Å². The molecule has 1 aliphatic rings. The van der Waals surface area contributed by atoms with Crippen molar-refractivity contribution >= 4 is 29.0 Å². The highest BCUT2D eigenvalue weighted by Crippen LogP contribution is 2.32. The monoisotopic (exact) mass is 272 g/mol. The summed E-state index contributed by atoms with van der Waals surface area (Å²) in [6, 6.07) is 6.13. The van der Waals surface area contributed by atoms with Crippen molar-refractivity contribution in [3.05, 3.63) is 30.0 Å². The van der Waals surface area contributed by atoms with Crippen molar-refractivity contribution in [3.63, 3.8) is 0 Å². The highest BCUT2D eigenvalue weighted by atomic mass is 16.7. The van der Waals surface area contributed by atoms with Gasteiger partial charge in [0.05, 0.1) is 17.7 Å². The van der Waals surface area contributed by atoms with E-state index in [1.807, 2.05) is 18.5 Å². The third-order valence-electron chi connectivity index (χ3n) is 3.40. The summed E-state index contributed by atoms with van der Waals surface area (Å²) >= 11 is 0. The molecule has 0 saturated heterocycles. The predicted octanol–water partition coefficient (Wildman–Crippen LogP) is 3.37. The smallest absolute Gasteiger partial charge is 0.450 e. The topological polar surface area (TPSA) is 63.8 Å². The molecule has 0 saturated carbocycles. The normalized spacial score (nSPS) is 13.7. The summed E-state index contributed by atoms with van der Waals surface area (Å²) in [5, 5.41) is 9.89. The van der Waals surface area contributed by atoms with E-state index in [4.69, 9.17) is 9.84 Å². The van der Waals surface area contributed by atoms with Crippen molar-refractivity contribution in [1.82, 2.24) is 4.57 Å². The molecule has 2 heterocycles. The number of hydrogen-bond donors (Lipinski definition) is 1. The zero-order chi connectivity index (χ0) is 14.3. The van der Waals surface area contributed by atoms with E-state index in [0.29, 0.717) is 6.42 Å². The van der Waals surface area contributed by atoms with E-state index in [1.54, 1.807) is 13.8 Å². The lowest BCUT2D eigenvalue weighted by Crippen LogP contribution is -2.29. The lowest BCUT2D eigenvalue weighted by Gasteiger charge is -2.23. The summed E-state index contributed by atoms with van der Waals surface area (Å²) in [6.45, 7) is 4.33. The van der Waals surface area contributed by atoms with Gasteiger partial charge < -0.3 is 14.4 Å². The number of nitrogens with zero attached hydrogens (tertiary/aromatic N) is 2. The number of benzene rings is 1. The molecule has 104 valence electrons. The maximum absolute atomic E-state index is 10.7. The first-order valence-electron chi connectivity index (χ1n) is 6.51. The Morgan fingerprint density at radius 1 is 1.50 bits per heavy atom. The van der Waals surface area contributed by atoms with Crippen LogP contribution in [0.15, 0.2) is 29.4 Å². The van der Waals surface area contributed by atoms with Crippen molar-refractivity contribution in [1.29, 1.82) is 0 Å². The second kappa shape index (κ2) is 4.37. The Bertz CT molecular complexity index is 713. The molecule has 5 nitrogen and oxygen atoms in total. The Labute approximate surface area is 116 Å². The van der Waals surface area contributed by atoms with Gasteiger partial charge in [-0.25, -0.2) is 4.79 Å². The lowest BCUT2D eigenvalue weighted by molar-refractivity contribution is 0.00429. The minimum Gasteiger partial charge on any atom is -0.450 e. The van der Waals surface area contributed by atoms with Gasteiger partial charge in [0.25, 0.3) is 0 Å². The number of carbonyl (C=O) groups is 1. The zero-order valence-electron chi connectivity index (χ0n) is 11.5. The van der Waals surface area contributed by atoms with Crippen LogP contribution in [0.4, 0.5) is 10.5 Å². The van der Waals surface area contributed by atoms with E-state index in [9.17, 15) is 4.79 Å². The molecule has 0 spiro atoms. The molecule has 0 fully saturated rings. The van der Waals surface area contributed by atoms with Gasteiger partial charge in [-0.1, -0.05) is 0 Å². The highest BCUT2D eigenvalue weighted by Gasteiger charge is 2.24. The van der Waals surface area contributed by atoms with Crippen molar-refractivity contribution in [2.75, 3.05) is 0 Å². The third kappa shape index (κ3) is 2.27. The maximum atomic E-state index is 10.7. The minimum absolute atomic E-state index is 0.517. The van der Waals surface area contributed by atoms with Crippen LogP contribution in [0, 0.1) is 0 Å². The van der Waals surface area contributed by atoms with Gasteiger partial charge in [0.1, 0.15) is 5.60 Å². The number of ether oxygens (including phenoxy) is 1. The van der Waals surface area contributed by atoms with Gasteiger partial charge in [-0.2, -0.15) is 0 Å². The summed E-state index contributed by atoms with van der Waals surface area (Å²) < 4.78 is 7.07. The first-order valence-corrected chi connectivity index (χ1v) is 6.51. The van der Waals surface area contributed by atoms with E-state index in [2.05, 4.69) is 21.7 Å². The fraction of sp³-hybridized carbons (Fsp3) is 0.333. The van der Waals surface area contributed by atoms with Crippen LogP contribution in [0.3, 0.4) is 0 Å². The predicted molar refractivity (Wildman–Crippen MR) is 77.0 cm³/mol. The van der Waals surface area contributed by atoms with Crippen LogP contribution in [0.2, 0.25) is 0 Å². The SMILES string of the molecule is CC(C)(Cc1cc2c3c(ccn3CC=N2)c1)OC(=O)O. The first-order chi connectivity index (χ1) is 9.44. The molecule has 1 aromatic heterocycles. The molecular formula is C15H16N2O3. The van der Waals surface area contributed by atoms with Gasteiger partial charge in [0.2, 0.25) is 0 Å². The summed E-state index contributed by atoms with van der Waals surface area (Å²) in [7, 11) is 0. The molecule has 2 aromatic rings. The average molecular weight is 272 g/mol. The quantitative estimate of drug-likeness (QED) is 0.871.